The molecule has 0 unspecified atom stereocenters. The predicted molar refractivity (Wildman–Crippen MR) is 110 cm³/mol. The number of thiophene rings is 1. The molecule has 23 heavy (non-hydrogen) atoms. The van der Waals surface area contributed by atoms with E-state index in [0.29, 0.717) is 0 Å². The maximum Gasteiger partial charge on any atom is 0.243 e. The molecule has 0 aliphatic carbocycles. The monoisotopic (exact) mass is 450 g/mol. The zero-order valence-electron chi connectivity index (χ0n) is 14.1. The molecule has 1 rings (SSSR count). The number of likely N-dealkylation sites (N-methyl/N-ethyl adjacent to an activating group) is 1. The second-order valence-corrected chi connectivity index (χ2v) is 6.25. The average Bonchev–Trinajstić information content (AvgIpc) is 3.00. The van der Waals surface area contributed by atoms with Crippen LogP contribution in [0.4, 0.5) is 0 Å². The molecular formula is C16H27IN4OS. The number of nitrogens with zero attached hydrogens (tertiary/aromatic N) is 3. The Bertz CT molecular complexity index is 488. The first-order valence-corrected chi connectivity index (χ1v) is 8.25. The highest BCUT2D eigenvalue weighted by Crippen LogP contribution is 2.07. The number of hydrogen-bond donors (Lipinski definition) is 1. The van der Waals surface area contributed by atoms with Gasteiger partial charge in [0.1, 0.15) is 6.54 Å². The zero-order chi connectivity index (χ0) is 16.4. The van der Waals surface area contributed by atoms with Gasteiger partial charge in [0.15, 0.2) is 5.96 Å². The molecule has 0 aromatic carbocycles. The zero-order valence-corrected chi connectivity index (χ0v) is 17.3. The lowest BCUT2D eigenvalue weighted by molar-refractivity contribution is -0.127. The molecule has 7 heteroatoms. The Morgan fingerprint density at radius 2 is 2.17 bits per heavy atom. The largest absolute Gasteiger partial charge is 0.351 e. The molecule has 1 amide bonds. The molecule has 1 aromatic heterocycles. The number of guanidine groups is 1. The van der Waals surface area contributed by atoms with Crippen molar-refractivity contribution in [3.05, 3.63) is 35.0 Å². The van der Waals surface area contributed by atoms with E-state index in [0.717, 1.165) is 31.9 Å². The van der Waals surface area contributed by atoms with Crippen LogP contribution in [-0.4, -0.2) is 55.9 Å². The summed E-state index contributed by atoms with van der Waals surface area (Å²) < 4.78 is 0. The molecule has 1 N–H and O–H groups in total. The Kier molecular flexibility index (Phi) is 11.8. The van der Waals surface area contributed by atoms with E-state index in [4.69, 9.17) is 0 Å². The molecule has 0 bridgehead atoms. The number of hydrogen-bond acceptors (Lipinski definition) is 3. The number of nitrogens with one attached hydrogen (secondary N) is 1. The second kappa shape index (κ2) is 12.3. The summed E-state index contributed by atoms with van der Waals surface area (Å²) in [6.07, 6.45) is 3.90. The van der Waals surface area contributed by atoms with E-state index >= 15 is 0 Å². The van der Waals surface area contributed by atoms with E-state index in [1.165, 1.54) is 4.88 Å². The summed E-state index contributed by atoms with van der Waals surface area (Å²) in [4.78, 5) is 21.0. The minimum Gasteiger partial charge on any atom is -0.351 e. The number of unbranched alkanes of at least 4 members (excludes halogenated alkanes) is 1. The van der Waals surface area contributed by atoms with E-state index in [-0.39, 0.29) is 36.4 Å². The van der Waals surface area contributed by atoms with Gasteiger partial charge >= 0.3 is 0 Å². The molecule has 0 aliphatic rings. The Morgan fingerprint density at radius 1 is 1.43 bits per heavy atom. The minimum atomic E-state index is -0.00471. The van der Waals surface area contributed by atoms with Crippen molar-refractivity contribution < 1.29 is 4.79 Å². The SMILES string of the molecule is C=CCCCN(C)C(=NCC(=O)N(C)C)NCc1cccs1.I. The van der Waals surface area contributed by atoms with Gasteiger partial charge in [0, 0.05) is 32.6 Å². The smallest absolute Gasteiger partial charge is 0.243 e. The molecule has 130 valence electrons. The summed E-state index contributed by atoms with van der Waals surface area (Å²) in [5, 5.41) is 5.39. The first-order chi connectivity index (χ1) is 10.5. The van der Waals surface area contributed by atoms with E-state index in [1.54, 1.807) is 30.3 Å². The molecule has 1 aromatic rings. The van der Waals surface area contributed by atoms with E-state index < -0.39 is 0 Å². The Balaban J connectivity index is 0.00000484. The van der Waals surface area contributed by atoms with Crippen LogP contribution in [0.15, 0.2) is 35.2 Å². The van der Waals surface area contributed by atoms with Crippen LogP contribution in [0.3, 0.4) is 0 Å². The van der Waals surface area contributed by atoms with Gasteiger partial charge in [-0.3, -0.25) is 4.79 Å². The molecule has 0 radical (unpaired) electrons. The summed E-state index contributed by atoms with van der Waals surface area (Å²) in [5.41, 5.74) is 0. The lowest BCUT2D eigenvalue weighted by Gasteiger charge is -2.22. The van der Waals surface area contributed by atoms with Gasteiger partial charge in [-0.2, -0.15) is 0 Å². The molecule has 0 spiro atoms. The quantitative estimate of drug-likeness (QED) is 0.218. The van der Waals surface area contributed by atoms with Gasteiger partial charge in [-0.1, -0.05) is 12.1 Å². The summed E-state index contributed by atoms with van der Waals surface area (Å²) >= 11 is 1.70. The predicted octanol–water partition coefficient (Wildman–Crippen LogP) is 2.80. The molecular weight excluding hydrogens is 423 g/mol. The highest BCUT2D eigenvalue weighted by atomic mass is 127. The number of amides is 1. The number of allylic oxidation sites excluding steroid dienone is 1. The number of carbonyl (C=O) groups excluding carboxylic acids is 1. The van der Waals surface area contributed by atoms with Crippen LogP contribution in [-0.2, 0) is 11.3 Å². The first-order valence-electron chi connectivity index (χ1n) is 7.37. The maximum atomic E-state index is 11.7. The highest BCUT2D eigenvalue weighted by Gasteiger charge is 2.09. The lowest BCUT2D eigenvalue weighted by atomic mass is 10.3. The topological polar surface area (TPSA) is 47.9 Å². The van der Waals surface area contributed by atoms with Crippen LogP contribution in [0.1, 0.15) is 17.7 Å². The number of rotatable bonds is 8. The van der Waals surface area contributed by atoms with Crippen molar-refractivity contribution in [2.75, 3.05) is 34.2 Å². The molecule has 0 saturated carbocycles. The molecule has 0 atom stereocenters. The van der Waals surface area contributed by atoms with Crippen LogP contribution in [0, 0.1) is 0 Å². The van der Waals surface area contributed by atoms with Crippen LogP contribution < -0.4 is 5.32 Å². The number of aliphatic imine (C=N–C) groups is 1. The molecule has 5 nitrogen and oxygen atoms in total. The third-order valence-corrected chi connectivity index (χ3v) is 4.00. The van der Waals surface area contributed by atoms with Crippen molar-refractivity contribution in [3.8, 4) is 0 Å². The molecule has 1 heterocycles. The van der Waals surface area contributed by atoms with Gasteiger partial charge in [0.2, 0.25) is 5.91 Å². The average molecular weight is 450 g/mol. The van der Waals surface area contributed by atoms with Crippen LogP contribution in [0.25, 0.3) is 0 Å². The Morgan fingerprint density at radius 3 is 2.74 bits per heavy atom. The van der Waals surface area contributed by atoms with Gasteiger partial charge in [0.25, 0.3) is 0 Å². The van der Waals surface area contributed by atoms with Crippen LogP contribution in [0.5, 0.6) is 0 Å². The summed E-state index contributed by atoms with van der Waals surface area (Å²) in [6.45, 7) is 5.49. The fourth-order valence-electron chi connectivity index (χ4n) is 1.75. The third-order valence-electron chi connectivity index (χ3n) is 3.13. The highest BCUT2D eigenvalue weighted by molar-refractivity contribution is 14.0. The molecule has 0 saturated heterocycles. The van der Waals surface area contributed by atoms with Crippen molar-refractivity contribution in [1.82, 2.24) is 15.1 Å². The van der Waals surface area contributed by atoms with Gasteiger partial charge in [0.05, 0.1) is 6.54 Å². The van der Waals surface area contributed by atoms with Gasteiger partial charge in [-0.25, -0.2) is 4.99 Å². The van der Waals surface area contributed by atoms with Crippen molar-refractivity contribution in [3.63, 3.8) is 0 Å². The van der Waals surface area contributed by atoms with E-state index in [1.807, 2.05) is 19.2 Å². The number of carbonyl (C=O) groups is 1. The lowest BCUT2D eigenvalue weighted by Crippen LogP contribution is -2.40. The Labute approximate surface area is 160 Å². The third kappa shape index (κ3) is 8.95. The summed E-state index contributed by atoms with van der Waals surface area (Å²) in [7, 11) is 5.47. The second-order valence-electron chi connectivity index (χ2n) is 5.21. The minimum absolute atomic E-state index is 0. The summed E-state index contributed by atoms with van der Waals surface area (Å²) in [6, 6.07) is 4.11. The standard InChI is InChI=1S/C16H26N4OS.HI/c1-5-6-7-10-20(4)16(18-13-15(21)19(2)3)17-12-14-9-8-11-22-14;/h5,8-9,11H,1,6-7,10,12-13H2,2-4H3,(H,17,18);1H. The Hall–Kier alpha value is -1.09. The maximum absolute atomic E-state index is 11.7. The normalized spacial score (nSPS) is 10.7. The van der Waals surface area contributed by atoms with Crippen LogP contribution in [0.2, 0.25) is 0 Å². The molecule has 0 fully saturated rings. The molecule has 0 aliphatic heterocycles. The van der Waals surface area contributed by atoms with Gasteiger partial charge < -0.3 is 15.1 Å². The van der Waals surface area contributed by atoms with Crippen molar-refractivity contribution in [1.29, 1.82) is 0 Å². The van der Waals surface area contributed by atoms with Gasteiger partial charge in [-0.05, 0) is 24.3 Å². The first kappa shape index (κ1) is 21.9. The van der Waals surface area contributed by atoms with E-state index in [9.17, 15) is 4.79 Å². The van der Waals surface area contributed by atoms with Crippen LogP contribution >= 0.6 is 35.3 Å². The fraction of sp³-hybridized carbons (Fsp3) is 0.500. The van der Waals surface area contributed by atoms with Crippen molar-refractivity contribution in [2.45, 2.75) is 19.4 Å². The van der Waals surface area contributed by atoms with Crippen molar-refractivity contribution >= 4 is 47.2 Å². The fourth-order valence-corrected chi connectivity index (χ4v) is 2.40. The summed E-state index contributed by atoms with van der Waals surface area (Å²) in [5.74, 6) is 0.752. The van der Waals surface area contributed by atoms with Crippen molar-refractivity contribution in [2.24, 2.45) is 4.99 Å². The number of halogens is 1. The van der Waals surface area contributed by atoms with Gasteiger partial charge in [-0.15, -0.1) is 41.9 Å². The van der Waals surface area contributed by atoms with E-state index in [2.05, 4.69) is 33.2 Å².